The van der Waals surface area contributed by atoms with E-state index in [0.717, 1.165) is 24.1 Å². The first-order valence-electron chi connectivity index (χ1n) is 11.9. The van der Waals surface area contributed by atoms with Gasteiger partial charge in [0.2, 0.25) is 5.95 Å². The third-order valence-electron chi connectivity index (χ3n) is 6.90. The number of piperidine rings is 1. The molecule has 2 aromatic carbocycles. The van der Waals surface area contributed by atoms with Gasteiger partial charge >= 0.3 is 6.09 Å². The molecule has 1 saturated heterocycles. The lowest BCUT2D eigenvalue weighted by molar-refractivity contribution is 0.0981. The van der Waals surface area contributed by atoms with Gasteiger partial charge in [0.1, 0.15) is 11.4 Å². The number of nitrogens with one attached hydrogen (secondary N) is 1. The van der Waals surface area contributed by atoms with Gasteiger partial charge < -0.3 is 20.2 Å². The maximum Gasteiger partial charge on any atom is 0.407 e. The topological polar surface area (TPSA) is 102 Å². The van der Waals surface area contributed by atoms with Gasteiger partial charge in [-0.05, 0) is 61.1 Å². The van der Waals surface area contributed by atoms with Crippen LogP contribution < -0.4 is 15.1 Å². The second-order valence-corrected chi connectivity index (χ2v) is 10.1. The Labute approximate surface area is 224 Å². The van der Waals surface area contributed by atoms with Crippen LogP contribution in [0, 0.1) is 6.92 Å². The van der Waals surface area contributed by atoms with Crippen molar-refractivity contribution in [2.45, 2.75) is 25.7 Å². The van der Waals surface area contributed by atoms with E-state index in [1.165, 1.54) is 21.6 Å². The third kappa shape index (κ3) is 4.89. The maximum atomic E-state index is 13.3. The monoisotopic (exact) mass is 540 g/mol. The molecule has 0 saturated carbocycles. The van der Waals surface area contributed by atoms with Crippen LogP contribution in [0.15, 0.2) is 42.6 Å². The number of benzene rings is 2. The average molecular weight is 541 g/mol. The van der Waals surface area contributed by atoms with Crippen LogP contribution in [-0.4, -0.2) is 58.8 Å². The van der Waals surface area contributed by atoms with Gasteiger partial charge in [-0.2, -0.15) is 4.98 Å². The van der Waals surface area contributed by atoms with Gasteiger partial charge in [-0.25, -0.2) is 9.78 Å². The van der Waals surface area contributed by atoms with Crippen molar-refractivity contribution < 1.29 is 14.7 Å². The average Bonchev–Trinajstić information content (AvgIpc) is 2.87. The lowest BCUT2D eigenvalue weighted by atomic mass is 9.87. The van der Waals surface area contributed by atoms with Crippen LogP contribution in [-0.2, 0) is 0 Å². The minimum atomic E-state index is -0.854. The summed E-state index contributed by atoms with van der Waals surface area (Å²) in [6.45, 7) is 3.39. The van der Waals surface area contributed by atoms with Crippen molar-refractivity contribution >= 4 is 58.3 Å². The summed E-state index contributed by atoms with van der Waals surface area (Å²) in [7, 11) is 1.84. The number of hydrogen-bond acceptors (Lipinski definition) is 6. The van der Waals surface area contributed by atoms with Gasteiger partial charge in [0, 0.05) is 32.0 Å². The largest absolute Gasteiger partial charge is 0.465 e. The molecule has 1 fully saturated rings. The van der Waals surface area contributed by atoms with Crippen LogP contribution >= 0.6 is 23.2 Å². The summed E-state index contributed by atoms with van der Waals surface area (Å²) < 4.78 is 0. The number of aromatic nitrogens is 2. The molecule has 0 spiro atoms. The smallest absolute Gasteiger partial charge is 0.407 e. The van der Waals surface area contributed by atoms with Crippen molar-refractivity contribution in [3.05, 3.63) is 69.3 Å². The molecule has 0 atom stereocenters. The van der Waals surface area contributed by atoms with E-state index in [4.69, 9.17) is 23.2 Å². The van der Waals surface area contributed by atoms with Crippen molar-refractivity contribution in [2.75, 3.05) is 41.9 Å². The molecule has 0 aliphatic carbocycles. The molecule has 11 heteroatoms. The molecule has 37 heavy (non-hydrogen) atoms. The van der Waals surface area contributed by atoms with Gasteiger partial charge in [-0.1, -0.05) is 35.3 Å². The summed E-state index contributed by atoms with van der Waals surface area (Å²) >= 11 is 12.7. The Balaban J connectivity index is 1.33. The predicted molar refractivity (Wildman–Crippen MR) is 145 cm³/mol. The Bertz CT molecular complexity index is 1360. The minimum absolute atomic E-state index is 0.236. The van der Waals surface area contributed by atoms with E-state index >= 15 is 0 Å². The summed E-state index contributed by atoms with van der Waals surface area (Å²) in [6.07, 6.45) is 2.28. The highest BCUT2D eigenvalue weighted by Crippen LogP contribution is 2.38. The number of rotatable bonds is 4. The number of aryl methyl sites for hydroxylation is 1. The second kappa shape index (κ2) is 10.1. The van der Waals surface area contributed by atoms with Crippen molar-refractivity contribution in [1.29, 1.82) is 0 Å². The fraction of sp³-hybridized carbons (Fsp3) is 0.308. The molecular formula is C26H26Cl2N6O3. The number of para-hydroxylation sites is 1. The van der Waals surface area contributed by atoms with Crippen LogP contribution in [0.4, 0.5) is 27.9 Å². The van der Waals surface area contributed by atoms with Crippen LogP contribution in [0.5, 0.6) is 0 Å². The third-order valence-corrected chi connectivity index (χ3v) is 7.51. The van der Waals surface area contributed by atoms with E-state index in [-0.39, 0.29) is 12.6 Å². The number of nitrogens with zero attached hydrogens (tertiary/aromatic N) is 5. The number of halogens is 2. The zero-order valence-corrected chi connectivity index (χ0v) is 21.9. The molecule has 2 aliphatic heterocycles. The van der Waals surface area contributed by atoms with Crippen LogP contribution in [0.25, 0.3) is 0 Å². The number of carbonyl (C=O) groups is 2. The molecule has 0 bridgehead atoms. The van der Waals surface area contributed by atoms with Crippen molar-refractivity contribution in [1.82, 2.24) is 14.9 Å². The Morgan fingerprint density at radius 2 is 1.84 bits per heavy atom. The first-order valence-corrected chi connectivity index (χ1v) is 12.7. The van der Waals surface area contributed by atoms with E-state index in [1.807, 2.05) is 24.1 Å². The van der Waals surface area contributed by atoms with Crippen molar-refractivity contribution in [2.24, 2.45) is 0 Å². The van der Waals surface area contributed by atoms with Gasteiger partial charge in [0.05, 0.1) is 22.4 Å². The van der Waals surface area contributed by atoms with Gasteiger partial charge in [0.25, 0.3) is 5.91 Å². The van der Waals surface area contributed by atoms with Gasteiger partial charge in [-0.15, -0.1) is 0 Å². The zero-order chi connectivity index (χ0) is 26.3. The molecule has 2 amide bonds. The lowest BCUT2D eigenvalue weighted by Gasteiger charge is -2.35. The molecule has 1 aromatic heterocycles. The first kappa shape index (κ1) is 25.1. The highest BCUT2D eigenvalue weighted by atomic mass is 35.5. The highest BCUT2D eigenvalue weighted by molar-refractivity contribution is 6.40. The summed E-state index contributed by atoms with van der Waals surface area (Å²) in [5, 5.41) is 13.2. The normalized spacial score (nSPS) is 16.1. The molecule has 2 aliphatic rings. The summed E-state index contributed by atoms with van der Waals surface area (Å²) in [6, 6.07) is 11.2. The number of carboxylic acid groups (broad SMARTS) is 1. The first-order chi connectivity index (χ1) is 17.7. The standard InChI is InChI=1S/C26H26Cl2N6O3/c1-15-12-17(6-7-18(15)16-8-10-33(11-9-16)26(36)37)30-25-29-13-19-23(31-25)32(2)14-34(24(19)35)22-20(27)4-3-5-21(22)28/h3-7,12-13,16H,8-11,14H2,1-2H3,(H,36,37)(H,29,30,31). The second-order valence-electron chi connectivity index (χ2n) is 9.31. The molecule has 0 radical (unpaired) electrons. The lowest BCUT2D eigenvalue weighted by Crippen LogP contribution is -2.46. The zero-order valence-electron chi connectivity index (χ0n) is 20.4. The highest BCUT2D eigenvalue weighted by Gasteiger charge is 2.33. The predicted octanol–water partition coefficient (Wildman–Crippen LogP) is 5.75. The van der Waals surface area contributed by atoms with Crippen LogP contribution in [0.1, 0.15) is 40.2 Å². The number of anilines is 4. The van der Waals surface area contributed by atoms with Crippen molar-refractivity contribution in [3.8, 4) is 0 Å². The number of likely N-dealkylation sites (tertiary alicyclic amines) is 1. The van der Waals surface area contributed by atoms with Crippen LogP contribution in [0.3, 0.4) is 0 Å². The van der Waals surface area contributed by atoms with E-state index < -0.39 is 6.09 Å². The number of carbonyl (C=O) groups excluding carboxylic acids is 1. The van der Waals surface area contributed by atoms with Crippen LogP contribution in [0.2, 0.25) is 10.0 Å². The molecule has 192 valence electrons. The fourth-order valence-electron chi connectivity index (χ4n) is 5.01. The Hall–Kier alpha value is -3.56. The van der Waals surface area contributed by atoms with Crippen molar-refractivity contribution in [3.63, 3.8) is 0 Å². The summed E-state index contributed by atoms with van der Waals surface area (Å²) in [5.74, 6) is 0.952. The molecule has 3 aromatic rings. The fourth-order valence-corrected chi connectivity index (χ4v) is 5.61. The molecule has 5 rings (SSSR count). The molecule has 0 unspecified atom stereocenters. The minimum Gasteiger partial charge on any atom is -0.465 e. The quantitative estimate of drug-likeness (QED) is 0.434. The Kier molecular flexibility index (Phi) is 6.83. The van der Waals surface area contributed by atoms with E-state index in [9.17, 15) is 14.7 Å². The molecule has 3 heterocycles. The van der Waals surface area contributed by atoms with E-state index in [0.29, 0.717) is 52.1 Å². The number of amides is 2. The number of fused-ring (bicyclic) bond motifs is 1. The Morgan fingerprint density at radius 3 is 2.49 bits per heavy atom. The summed E-state index contributed by atoms with van der Waals surface area (Å²) in [4.78, 5) is 38.3. The van der Waals surface area contributed by atoms with E-state index in [2.05, 4.69) is 28.3 Å². The maximum absolute atomic E-state index is 13.3. The van der Waals surface area contributed by atoms with E-state index in [1.54, 1.807) is 18.2 Å². The van der Waals surface area contributed by atoms with Gasteiger partial charge in [0.15, 0.2) is 0 Å². The molecule has 9 nitrogen and oxygen atoms in total. The summed E-state index contributed by atoms with van der Waals surface area (Å²) in [5.41, 5.74) is 3.99. The SMILES string of the molecule is Cc1cc(Nc2ncc3c(n2)N(C)CN(c2c(Cl)cccc2Cl)C3=O)ccc1C1CCN(C(=O)O)CC1. The van der Waals surface area contributed by atoms with Gasteiger partial charge in [-0.3, -0.25) is 9.69 Å². The number of hydrogen-bond donors (Lipinski definition) is 2. The molecular weight excluding hydrogens is 515 g/mol. The molecule has 2 N–H and O–H groups in total. The Morgan fingerprint density at radius 1 is 1.14 bits per heavy atom.